The highest BCUT2D eigenvalue weighted by Gasteiger charge is 2.35. The maximum Gasteiger partial charge on any atom is 0.416 e. The van der Waals surface area contributed by atoms with Gasteiger partial charge in [0.25, 0.3) is 11.8 Å². The maximum absolute atomic E-state index is 12.7. The number of amides is 3. The smallest absolute Gasteiger partial charge is 0.416 e. The highest BCUT2D eigenvalue weighted by atomic mass is 19.4. The van der Waals surface area contributed by atoms with Crippen LogP contribution in [0.5, 0.6) is 5.75 Å². The van der Waals surface area contributed by atoms with Crippen LogP contribution in [-0.4, -0.2) is 42.3 Å². The van der Waals surface area contributed by atoms with Gasteiger partial charge in [0.15, 0.2) is 0 Å². The molecule has 0 saturated carbocycles. The molecule has 1 aliphatic rings. The molecule has 1 N–H and O–H groups in total. The van der Waals surface area contributed by atoms with E-state index < -0.39 is 11.7 Å². The zero-order valence-electron chi connectivity index (χ0n) is 16.8. The van der Waals surface area contributed by atoms with Gasteiger partial charge in [0.05, 0.1) is 23.2 Å². The Labute approximate surface area is 177 Å². The third-order valence-corrected chi connectivity index (χ3v) is 4.77. The number of benzene rings is 2. The van der Waals surface area contributed by atoms with Gasteiger partial charge in [-0.15, -0.1) is 0 Å². The summed E-state index contributed by atoms with van der Waals surface area (Å²) in [6.07, 6.45) is -4.06. The van der Waals surface area contributed by atoms with Crippen LogP contribution in [0.2, 0.25) is 0 Å². The van der Waals surface area contributed by atoms with Gasteiger partial charge in [-0.2, -0.15) is 13.2 Å². The van der Waals surface area contributed by atoms with Crippen molar-refractivity contribution in [1.82, 2.24) is 10.2 Å². The van der Waals surface area contributed by atoms with Gasteiger partial charge in [0, 0.05) is 13.0 Å². The Morgan fingerprint density at radius 1 is 1.06 bits per heavy atom. The van der Waals surface area contributed by atoms with Crippen LogP contribution >= 0.6 is 0 Å². The molecule has 0 aliphatic carbocycles. The number of ether oxygens (including phenoxy) is 1. The van der Waals surface area contributed by atoms with E-state index in [4.69, 9.17) is 4.74 Å². The van der Waals surface area contributed by atoms with Gasteiger partial charge in [0.2, 0.25) is 5.91 Å². The zero-order chi connectivity index (χ0) is 22.6. The molecule has 9 heteroatoms. The first-order chi connectivity index (χ1) is 14.7. The number of aryl methyl sites for hydroxylation is 1. The lowest BCUT2D eigenvalue weighted by atomic mass is 10.1. The lowest BCUT2D eigenvalue weighted by Gasteiger charge is -2.13. The normalized spacial score (nSPS) is 13.4. The van der Waals surface area contributed by atoms with E-state index in [1.54, 1.807) is 18.2 Å². The van der Waals surface area contributed by atoms with Crippen molar-refractivity contribution in [3.05, 3.63) is 64.7 Å². The fraction of sp³-hybridized carbons (Fsp3) is 0.318. The second-order valence-electron chi connectivity index (χ2n) is 7.14. The molecule has 164 valence electrons. The summed E-state index contributed by atoms with van der Waals surface area (Å²) >= 11 is 0. The number of alkyl halides is 3. The first kappa shape index (κ1) is 22.3. The Morgan fingerprint density at radius 2 is 1.81 bits per heavy atom. The standard InChI is InChI=1S/C22H21F3N2O4/c1-14-7-8-17-18(12-14)21(30)27(20(17)29)10-3-6-19(28)26-9-11-31-16-5-2-4-15(13-16)22(23,24)25/h2,4-5,7-8,12-13H,3,6,9-11H2,1H3,(H,26,28). The van der Waals surface area contributed by atoms with Crippen LogP contribution < -0.4 is 10.1 Å². The van der Waals surface area contributed by atoms with Crippen LogP contribution in [0.25, 0.3) is 0 Å². The summed E-state index contributed by atoms with van der Waals surface area (Å²) in [4.78, 5) is 37.8. The predicted molar refractivity (Wildman–Crippen MR) is 106 cm³/mol. The van der Waals surface area contributed by atoms with Crippen LogP contribution in [0.4, 0.5) is 13.2 Å². The van der Waals surface area contributed by atoms with Gasteiger partial charge in [0.1, 0.15) is 12.4 Å². The number of fused-ring (bicyclic) bond motifs is 1. The molecular weight excluding hydrogens is 413 g/mol. The summed E-state index contributed by atoms with van der Waals surface area (Å²) in [6.45, 7) is 2.08. The SMILES string of the molecule is Cc1ccc2c(c1)C(=O)N(CCCC(=O)NCCOc1cccc(C(F)(F)F)c1)C2=O. The minimum Gasteiger partial charge on any atom is -0.492 e. The molecule has 0 bridgehead atoms. The molecule has 3 amide bonds. The number of imide groups is 1. The number of nitrogens with one attached hydrogen (secondary N) is 1. The molecule has 1 heterocycles. The third-order valence-electron chi connectivity index (χ3n) is 4.77. The van der Waals surface area contributed by atoms with Gasteiger partial charge in [-0.1, -0.05) is 17.7 Å². The summed E-state index contributed by atoms with van der Waals surface area (Å²) in [6, 6.07) is 9.56. The van der Waals surface area contributed by atoms with Crippen molar-refractivity contribution >= 4 is 17.7 Å². The molecule has 6 nitrogen and oxygen atoms in total. The van der Waals surface area contributed by atoms with E-state index in [9.17, 15) is 27.6 Å². The summed E-state index contributed by atoms with van der Waals surface area (Å²) in [7, 11) is 0. The lowest BCUT2D eigenvalue weighted by molar-refractivity contribution is -0.137. The number of hydrogen-bond donors (Lipinski definition) is 1. The minimum absolute atomic E-state index is 0.00477. The van der Waals surface area contributed by atoms with Gasteiger partial charge in [-0.05, 0) is 43.7 Å². The molecule has 0 spiro atoms. The van der Waals surface area contributed by atoms with Crippen molar-refractivity contribution in [3.63, 3.8) is 0 Å². The zero-order valence-corrected chi connectivity index (χ0v) is 16.8. The second kappa shape index (κ2) is 9.20. The van der Waals surface area contributed by atoms with Gasteiger partial charge < -0.3 is 10.1 Å². The van der Waals surface area contributed by atoms with E-state index >= 15 is 0 Å². The number of carbonyl (C=O) groups is 3. The Kier molecular flexibility index (Phi) is 6.62. The minimum atomic E-state index is -4.45. The Hall–Kier alpha value is -3.36. The summed E-state index contributed by atoms with van der Waals surface area (Å²) in [5.41, 5.74) is 0.818. The number of hydrogen-bond acceptors (Lipinski definition) is 4. The van der Waals surface area contributed by atoms with Crippen molar-refractivity contribution in [1.29, 1.82) is 0 Å². The molecule has 0 atom stereocenters. The predicted octanol–water partition coefficient (Wildman–Crippen LogP) is 3.59. The first-order valence-corrected chi connectivity index (χ1v) is 9.70. The van der Waals surface area contributed by atoms with E-state index in [0.29, 0.717) is 17.5 Å². The van der Waals surface area contributed by atoms with Crippen molar-refractivity contribution in [3.8, 4) is 5.75 Å². The van der Waals surface area contributed by atoms with Crippen LogP contribution in [0.3, 0.4) is 0 Å². The number of carbonyl (C=O) groups excluding carboxylic acids is 3. The molecule has 0 aromatic heterocycles. The van der Waals surface area contributed by atoms with E-state index in [-0.39, 0.29) is 49.6 Å². The van der Waals surface area contributed by atoms with Crippen molar-refractivity contribution in [2.24, 2.45) is 0 Å². The Bertz CT molecular complexity index is 1000. The van der Waals surface area contributed by atoms with Crippen LogP contribution in [0.1, 0.15) is 44.7 Å². The molecule has 1 aliphatic heterocycles. The van der Waals surface area contributed by atoms with Gasteiger partial charge in [-0.25, -0.2) is 0 Å². The number of rotatable bonds is 8. The largest absolute Gasteiger partial charge is 0.492 e. The van der Waals surface area contributed by atoms with Crippen LogP contribution in [-0.2, 0) is 11.0 Å². The van der Waals surface area contributed by atoms with Gasteiger partial charge in [-0.3, -0.25) is 19.3 Å². The Morgan fingerprint density at radius 3 is 2.55 bits per heavy atom. The fourth-order valence-corrected chi connectivity index (χ4v) is 3.22. The van der Waals surface area contributed by atoms with Crippen molar-refractivity contribution in [2.75, 3.05) is 19.7 Å². The van der Waals surface area contributed by atoms with Gasteiger partial charge >= 0.3 is 6.18 Å². The molecule has 2 aromatic rings. The fourth-order valence-electron chi connectivity index (χ4n) is 3.22. The molecular formula is C22H21F3N2O4. The van der Waals surface area contributed by atoms with E-state index in [1.165, 1.54) is 12.1 Å². The van der Waals surface area contributed by atoms with Crippen molar-refractivity contribution in [2.45, 2.75) is 25.9 Å². The highest BCUT2D eigenvalue weighted by Crippen LogP contribution is 2.31. The average Bonchev–Trinajstić information content (AvgIpc) is 2.95. The van der Waals surface area contributed by atoms with E-state index in [0.717, 1.165) is 22.6 Å². The highest BCUT2D eigenvalue weighted by molar-refractivity contribution is 6.21. The monoisotopic (exact) mass is 434 g/mol. The van der Waals surface area contributed by atoms with E-state index in [1.807, 2.05) is 6.92 Å². The maximum atomic E-state index is 12.7. The van der Waals surface area contributed by atoms with Crippen molar-refractivity contribution < 1.29 is 32.3 Å². The molecule has 3 rings (SSSR count). The molecule has 31 heavy (non-hydrogen) atoms. The molecule has 0 saturated heterocycles. The molecule has 0 radical (unpaired) electrons. The van der Waals surface area contributed by atoms with Crippen LogP contribution in [0, 0.1) is 6.92 Å². The lowest BCUT2D eigenvalue weighted by Crippen LogP contribution is -2.32. The first-order valence-electron chi connectivity index (χ1n) is 9.70. The quantitative estimate of drug-likeness (QED) is 0.509. The van der Waals surface area contributed by atoms with E-state index in [2.05, 4.69) is 5.32 Å². The molecule has 0 fully saturated rings. The second-order valence-corrected chi connectivity index (χ2v) is 7.14. The summed E-state index contributed by atoms with van der Waals surface area (Å²) in [5, 5.41) is 2.60. The third kappa shape index (κ3) is 5.42. The molecule has 2 aromatic carbocycles. The number of halogens is 3. The molecule has 0 unspecified atom stereocenters. The van der Waals surface area contributed by atoms with Crippen LogP contribution in [0.15, 0.2) is 42.5 Å². The topological polar surface area (TPSA) is 75.7 Å². The average molecular weight is 434 g/mol. The summed E-state index contributed by atoms with van der Waals surface area (Å²) < 4.78 is 43.3. The number of nitrogens with zero attached hydrogens (tertiary/aromatic N) is 1. The Balaban J connectivity index is 1.38. The summed E-state index contributed by atoms with van der Waals surface area (Å²) in [5.74, 6) is -0.974.